The predicted molar refractivity (Wildman–Crippen MR) is 89.5 cm³/mol. The van der Waals surface area contributed by atoms with Gasteiger partial charge in [0.1, 0.15) is 10.1 Å². The quantitative estimate of drug-likeness (QED) is 0.500. The molecule has 0 N–H and O–H groups in total. The number of carbonyl (C=O) groups is 3. The topological polar surface area (TPSA) is 101 Å². The Hall–Kier alpha value is -1.97. The van der Waals surface area contributed by atoms with Gasteiger partial charge in [0.15, 0.2) is 0 Å². The van der Waals surface area contributed by atoms with Crippen LogP contribution in [-0.2, 0) is 14.4 Å². The molecule has 0 bridgehead atoms. The highest BCUT2D eigenvalue weighted by atomic mass is 35.5. The molecule has 1 saturated heterocycles. The molecule has 10 heteroatoms. The van der Waals surface area contributed by atoms with Gasteiger partial charge in [-0.1, -0.05) is 41.6 Å². The Morgan fingerprint density at radius 3 is 2.64 bits per heavy atom. The van der Waals surface area contributed by atoms with Crippen LogP contribution in [0.5, 0.6) is 0 Å². The van der Waals surface area contributed by atoms with Crippen LogP contribution in [0.25, 0.3) is 6.08 Å². The van der Waals surface area contributed by atoms with Gasteiger partial charge >= 0.3 is 0 Å². The van der Waals surface area contributed by atoms with Crippen LogP contribution in [-0.4, -0.2) is 33.1 Å². The van der Waals surface area contributed by atoms with E-state index in [9.17, 15) is 29.0 Å². The van der Waals surface area contributed by atoms with Crippen molar-refractivity contribution in [3.63, 3.8) is 0 Å². The van der Waals surface area contributed by atoms with Crippen molar-refractivity contribution in [3.05, 3.63) is 39.5 Å². The number of amides is 1. The zero-order chi connectivity index (χ0) is 18.7. The minimum atomic E-state index is -1.65. The van der Waals surface area contributed by atoms with E-state index in [1.807, 2.05) is 0 Å². The third kappa shape index (κ3) is 4.36. The van der Waals surface area contributed by atoms with Crippen molar-refractivity contribution in [1.29, 1.82) is 0 Å². The molecular formula is C15H9ClFNO5S2-2. The number of carboxylic acid groups (broad SMARTS) is 2. The van der Waals surface area contributed by atoms with E-state index in [1.54, 1.807) is 0 Å². The molecule has 0 unspecified atom stereocenters. The van der Waals surface area contributed by atoms with Crippen LogP contribution in [0.1, 0.15) is 18.4 Å². The minimum absolute atomic E-state index is 0.0308. The Morgan fingerprint density at radius 2 is 2.08 bits per heavy atom. The van der Waals surface area contributed by atoms with Crippen molar-refractivity contribution in [2.24, 2.45) is 0 Å². The molecule has 0 aliphatic carbocycles. The number of hydrogen-bond donors (Lipinski definition) is 0. The first kappa shape index (κ1) is 19.4. The summed E-state index contributed by atoms with van der Waals surface area (Å²) in [4.78, 5) is 35.0. The molecule has 1 aliphatic rings. The number of hydrogen-bond acceptors (Lipinski definition) is 7. The SMILES string of the molecule is O=C([O-])CC[C@@H](C(=O)[O-])N1C(=O)/C(=C/c2c(F)cccc2Cl)SC1=S. The fourth-order valence-electron chi connectivity index (χ4n) is 2.14. The highest BCUT2D eigenvalue weighted by Crippen LogP contribution is 2.36. The van der Waals surface area contributed by atoms with Crippen molar-refractivity contribution in [3.8, 4) is 0 Å². The summed E-state index contributed by atoms with van der Waals surface area (Å²) in [5.74, 6) is -4.57. The van der Waals surface area contributed by atoms with E-state index >= 15 is 0 Å². The minimum Gasteiger partial charge on any atom is -0.550 e. The number of benzene rings is 1. The second-order valence-electron chi connectivity index (χ2n) is 4.93. The van der Waals surface area contributed by atoms with Crippen molar-refractivity contribution in [2.45, 2.75) is 18.9 Å². The van der Waals surface area contributed by atoms with E-state index in [2.05, 4.69) is 0 Å². The monoisotopic (exact) mass is 401 g/mol. The highest BCUT2D eigenvalue weighted by Gasteiger charge is 2.37. The van der Waals surface area contributed by atoms with Crippen molar-refractivity contribution in [1.82, 2.24) is 4.90 Å². The zero-order valence-electron chi connectivity index (χ0n) is 12.4. The molecule has 1 aromatic carbocycles. The Balaban J connectivity index is 2.34. The van der Waals surface area contributed by atoms with E-state index in [0.29, 0.717) is 0 Å². The molecule has 1 aromatic rings. The lowest BCUT2D eigenvalue weighted by Crippen LogP contribution is -2.50. The first-order chi connectivity index (χ1) is 11.7. The first-order valence-electron chi connectivity index (χ1n) is 6.84. The third-order valence-corrected chi connectivity index (χ3v) is 4.96. The maximum Gasteiger partial charge on any atom is 0.266 e. The maximum atomic E-state index is 13.8. The van der Waals surface area contributed by atoms with Gasteiger partial charge in [-0.25, -0.2) is 4.39 Å². The van der Waals surface area contributed by atoms with E-state index < -0.39 is 42.5 Å². The number of halogens is 2. The number of rotatable bonds is 6. The average Bonchev–Trinajstić information content (AvgIpc) is 2.78. The maximum absolute atomic E-state index is 13.8. The Labute approximate surface area is 156 Å². The summed E-state index contributed by atoms with van der Waals surface area (Å²) in [7, 11) is 0. The summed E-state index contributed by atoms with van der Waals surface area (Å²) < 4.78 is 13.7. The molecule has 0 radical (unpaired) electrons. The van der Waals surface area contributed by atoms with Gasteiger partial charge in [-0.05, 0) is 31.1 Å². The van der Waals surface area contributed by atoms with E-state index in [4.69, 9.17) is 23.8 Å². The number of carbonyl (C=O) groups excluding carboxylic acids is 3. The highest BCUT2D eigenvalue weighted by molar-refractivity contribution is 8.26. The van der Waals surface area contributed by atoms with Gasteiger partial charge in [-0.15, -0.1) is 0 Å². The van der Waals surface area contributed by atoms with Crippen LogP contribution >= 0.6 is 35.6 Å². The normalized spacial score (nSPS) is 17.2. The number of aliphatic carboxylic acids is 2. The number of carboxylic acids is 2. The van der Waals surface area contributed by atoms with Crippen molar-refractivity contribution in [2.75, 3.05) is 0 Å². The third-order valence-electron chi connectivity index (χ3n) is 3.30. The summed E-state index contributed by atoms with van der Waals surface area (Å²) >= 11 is 11.7. The van der Waals surface area contributed by atoms with Crippen molar-refractivity contribution >= 4 is 63.8 Å². The number of thioether (sulfide) groups is 1. The lowest BCUT2D eigenvalue weighted by molar-refractivity contribution is -0.311. The average molecular weight is 402 g/mol. The summed E-state index contributed by atoms with van der Waals surface area (Å²) in [5, 5.41) is 21.9. The molecule has 2 rings (SSSR count). The number of nitrogens with zero attached hydrogens (tertiary/aromatic N) is 1. The van der Waals surface area contributed by atoms with Gasteiger partial charge < -0.3 is 19.8 Å². The van der Waals surface area contributed by atoms with Crippen LogP contribution < -0.4 is 10.2 Å². The van der Waals surface area contributed by atoms with Gasteiger partial charge in [-0.3, -0.25) is 9.69 Å². The Morgan fingerprint density at radius 1 is 1.40 bits per heavy atom. The van der Waals surface area contributed by atoms with E-state index in [-0.39, 0.29) is 19.8 Å². The summed E-state index contributed by atoms with van der Waals surface area (Å²) in [6, 6.07) is 2.42. The van der Waals surface area contributed by atoms with E-state index in [0.717, 1.165) is 22.7 Å². The first-order valence-corrected chi connectivity index (χ1v) is 8.44. The lowest BCUT2D eigenvalue weighted by atomic mass is 10.1. The van der Waals surface area contributed by atoms with Crippen LogP contribution in [0.2, 0.25) is 5.02 Å². The molecule has 0 spiro atoms. The molecule has 1 fully saturated rings. The fourth-order valence-corrected chi connectivity index (χ4v) is 3.69. The van der Waals surface area contributed by atoms with Crippen LogP contribution in [0, 0.1) is 5.82 Å². The molecule has 132 valence electrons. The molecule has 1 aliphatic heterocycles. The Kier molecular flexibility index (Phi) is 6.15. The molecular weight excluding hydrogens is 393 g/mol. The second kappa shape index (κ2) is 7.94. The number of thiocarbonyl (C=S) groups is 1. The van der Waals surface area contributed by atoms with Gasteiger partial charge in [0.25, 0.3) is 5.91 Å². The Bertz CT molecular complexity index is 778. The van der Waals surface area contributed by atoms with E-state index in [1.165, 1.54) is 18.2 Å². The standard InChI is InChI=1S/C15H11ClFNO5S2/c16-8-2-1-3-9(17)7(8)6-11-13(21)18(15(24)25-11)10(14(22)23)4-5-12(19)20/h1-3,6,10H,4-5H2,(H,19,20)(H,22,23)/p-2/b11-6-/t10-/m0/s1. The van der Waals surface area contributed by atoms with Gasteiger partial charge in [0.2, 0.25) is 0 Å². The van der Waals surface area contributed by atoms with Gasteiger partial charge in [0.05, 0.1) is 21.9 Å². The molecule has 1 amide bonds. The second-order valence-corrected chi connectivity index (χ2v) is 7.02. The summed E-state index contributed by atoms with van der Waals surface area (Å²) in [6.07, 6.45) is 0.154. The van der Waals surface area contributed by atoms with Crippen LogP contribution in [0.3, 0.4) is 0 Å². The smallest absolute Gasteiger partial charge is 0.266 e. The molecule has 1 atom stereocenters. The molecule has 1 heterocycles. The zero-order valence-corrected chi connectivity index (χ0v) is 14.8. The van der Waals surface area contributed by atoms with Gasteiger partial charge in [-0.2, -0.15) is 0 Å². The summed E-state index contributed by atoms with van der Waals surface area (Å²) in [6.45, 7) is 0. The van der Waals surface area contributed by atoms with Crippen LogP contribution in [0.4, 0.5) is 4.39 Å². The summed E-state index contributed by atoms with van der Waals surface area (Å²) in [5.41, 5.74) is -0.0376. The molecule has 0 aromatic heterocycles. The predicted octanol–water partition coefficient (Wildman–Crippen LogP) is 0.329. The van der Waals surface area contributed by atoms with Gasteiger partial charge in [0, 0.05) is 11.5 Å². The largest absolute Gasteiger partial charge is 0.550 e. The fraction of sp³-hybridized carbons (Fsp3) is 0.200. The van der Waals surface area contributed by atoms with Crippen molar-refractivity contribution < 1.29 is 29.0 Å². The lowest BCUT2D eigenvalue weighted by Gasteiger charge is -2.27. The molecule has 6 nitrogen and oxygen atoms in total. The van der Waals surface area contributed by atoms with Crippen LogP contribution in [0.15, 0.2) is 23.1 Å². The molecule has 0 saturated carbocycles. The molecule has 25 heavy (non-hydrogen) atoms.